The molecule has 1 nitrogen and oxygen atoms in total. The Morgan fingerprint density at radius 3 is 2.48 bits per heavy atom. The molecule has 0 aromatic carbocycles. The highest BCUT2D eigenvalue weighted by Gasteiger charge is 2.56. The Kier molecular flexibility index (Phi) is 3.80. The van der Waals surface area contributed by atoms with Crippen LogP contribution in [0.3, 0.4) is 0 Å². The van der Waals surface area contributed by atoms with Gasteiger partial charge >= 0.3 is 0 Å². The monoisotopic (exact) mass is 290 g/mol. The van der Waals surface area contributed by atoms with E-state index in [9.17, 15) is 5.11 Å². The highest BCUT2D eigenvalue weighted by atomic mass is 16.3. The molecule has 0 heterocycles. The van der Waals surface area contributed by atoms with Crippen molar-refractivity contribution in [2.45, 2.75) is 78.7 Å². The van der Waals surface area contributed by atoms with Crippen molar-refractivity contribution >= 4 is 0 Å². The lowest BCUT2D eigenvalue weighted by atomic mass is 9.62. The van der Waals surface area contributed by atoms with Crippen LogP contribution in [0.25, 0.3) is 0 Å². The summed E-state index contributed by atoms with van der Waals surface area (Å²) in [4.78, 5) is 0. The van der Waals surface area contributed by atoms with Gasteiger partial charge in [-0.25, -0.2) is 0 Å². The Labute approximate surface area is 131 Å². The molecule has 0 radical (unpaired) electrons. The van der Waals surface area contributed by atoms with E-state index < -0.39 is 5.60 Å². The van der Waals surface area contributed by atoms with Crippen LogP contribution in [0.15, 0.2) is 11.6 Å². The number of allylic oxidation sites excluding steroid dienone is 2. The van der Waals surface area contributed by atoms with Crippen molar-refractivity contribution in [3.05, 3.63) is 11.6 Å². The van der Waals surface area contributed by atoms with Crippen molar-refractivity contribution in [3.63, 3.8) is 0 Å². The van der Waals surface area contributed by atoms with Crippen LogP contribution >= 0.6 is 0 Å². The largest absolute Gasteiger partial charge is 0.390 e. The summed E-state index contributed by atoms with van der Waals surface area (Å²) in [6, 6.07) is 0. The van der Waals surface area contributed by atoms with E-state index in [0.717, 1.165) is 24.2 Å². The summed E-state index contributed by atoms with van der Waals surface area (Å²) in [5, 5.41) is 11.1. The molecule has 1 heteroatoms. The predicted molar refractivity (Wildman–Crippen MR) is 89.0 cm³/mol. The van der Waals surface area contributed by atoms with Crippen LogP contribution in [0.1, 0.15) is 73.1 Å². The van der Waals surface area contributed by atoms with Crippen molar-refractivity contribution in [1.82, 2.24) is 0 Å². The third kappa shape index (κ3) is 2.40. The summed E-state index contributed by atoms with van der Waals surface area (Å²) in [7, 11) is 0. The second kappa shape index (κ2) is 5.11. The van der Waals surface area contributed by atoms with Gasteiger partial charge in [-0.3, -0.25) is 0 Å². The van der Waals surface area contributed by atoms with Crippen LogP contribution in [-0.2, 0) is 0 Å². The molecule has 0 saturated heterocycles. The van der Waals surface area contributed by atoms with Gasteiger partial charge in [0.15, 0.2) is 0 Å². The van der Waals surface area contributed by atoms with Gasteiger partial charge in [-0.05, 0) is 87.4 Å². The Morgan fingerprint density at radius 2 is 1.81 bits per heavy atom. The SMILES string of the molecule is CC1=CC2C(CC1)C(C)(O)CCC1(C)C(C(C)C)CCC21. The first-order chi connectivity index (χ1) is 9.75. The van der Waals surface area contributed by atoms with E-state index in [1.165, 1.54) is 32.1 Å². The van der Waals surface area contributed by atoms with Gasteiger partial charge in [-0.1, -0.05) is 32.4 Å². The fraction of sp³-hybridized carbons (Fsp3) is 0.900. The van der Waals surface area contributed by atoms with Crippen molar-refractivity contribution in [3.8, 4) is 0 Å². The second-order valence-electron chi connectivity index (χ2n) is 9.13. The first-order valence-corrected chi connectivity index (χ1v) is 9.15. The molecule has 3 rings (SSSR count). The van der Waals surface area contributed by atoms with Gasteiger partial charge in [-0.15, -0.1) is 0 Å². The average Bonchev–Trinajstić information content (AvgIpc) is 2.70. The minimum absolute atomic E-state index is 0.436. The average molecular weight is 290 g/mol. The fourth-order valence-corrected chi connectivity index (χ4v) is 6.32. The topological polar surface area (TPSA) is 20.2 Å². The van der Waals surface area contributed by atoms with E-state index in [0.29, 0.717) is 17.3 Å². The molecule has 0 aliphatic heterocycles. The molecule has 1 N–H and O–H groups in total. The van der Waals surface area contributed by atoms with Crippen molar-refractivity contribution in [1.29, 1.82) is 0 Å². The zero-order chi connectivity index (χ0) is 15.4. The molecule has 6 unspecified atom stereocenters. The summed E-state index contributed by atoms with van der Waals surface area (Å²) >= 11 is 0. The lowest BCUT2D eigenvalue weighted by Gasteiger charge is -2.43. The van der Waals surface area contributed by atoms with E-state index in [1.54, 1.807) is 5.57 Å². The normalized spacial score (nSPS) is 50.3. The number of hydrogen-bond acceptors (Lipinski definition) is 1. The van der Waals surface area contributed by atoms with Gasteiger partial charge in [0.05, 0.1) is 5.60 Å². The standard InChI is InChI=1S/C20H34O/c1-13(2)16-8-9-17-15-12-14(3)6-7-18(15)20(5,21)11-10-19(16,17)4/h12-13,15-18,21H,6-11H2,1-5H3. The van der Waals surface area contributed by atoms with E-state index >= 15 is 0 Å². The van der Waals surface area contributed by atoms with Crippen LogP contribution in [-0.4, -0.2) is 10.7 Å². The summed E-state index contributed by atoms with van der Waals surface area (Å²) in [5.74, 6) is 3.51. The Morgan fingerprint density at radius 1 is 1.10 bits per heavy atom. The van der Waals surface area contributed by atoms with Crippen molar-refractivity contribution in [2.75, 3.05) is 0 Å². The van der Waals surface area contributed by atoms with Gasteiger partial charge < -0.3 is 5.11 Å². The number of fused-ring (bicyclic) bond motifs is 3. The fourth-order valence-electron chi connectivity index (χ4n) is 6.32. The van der Waals surface area contributed by atoms with Crippen molar-refractivity contribution in [2.24, 2.45) is 35.0 Å². The molecule has 6 atom stereocenters. The van der Waals surface area contributed by atoms with E-state index in [4.69, 9.17) is 0 Å². The maximum atomic E-state index is 11.1. The third-order valence-corrected chi connectivity index (χ3v) is 7.51. The molecule has 2 saturated carbocycles. The quantitative estimate of drug-likeness (QED) is 0.659. The number of rotatable bonds is 1. The highest BCUT2D eigenvalue weighted by Crippen LogP contribution is 2.62. The highest BCUT2D eigenvalue weighted by molar-refractivity contribution is 5.16. The second-order valence-corrected chi connectivity index (χ2v) is 9.13. The summed E-state index contributed by atoms with van der Waals surface area (Å²) in [6.07, 6.45) is 9.93. The summed E-state index contributed by atoms with van der Waals surface area (Å²) in [5.41, 5.74) is 1.53. The van der Waals surface area contributed by atoms with E-state index in [1.807, 2.05) is 0 Å². The maximum absolute atomic E-state index is 11.1. The third-order valence-electron chi connectivity index (χ3n) is 7.51. The zero-order valence-corrected chi connectivity index (χ0v) is 14.7. The van der Waals surface area contributed by atoms with Gasteiger partial charge in [0.25, 0.3) is 0 Å². The van der Waals surface area contributed by atoms with E-state index in [2.05, 4.69) is 40.7 Å². The van der Waals surface area contributed by atoms with Crippen LogP contribution < -0.4 is 0 Å². The van der Waals surface area contributed by atoms with E-state index in [-0.39, 0.29) is 0 Å². The molecule has 3 aliphatic carbocycles. The molecule has 0 aromatic heterocycles. The van der Waals surface area contributed by atoms with Gasteiger partial charge in [0.1, 0.15) is 0 Å². The van der Waals surface area contributed by atoms with Crippen LogP contribution in [0.2, 0.25) is 0 Å². The zero-order valence-electron chi connectivity index (χ0n) is 14.7. The predicted octanol–water partition coefficient (Wildman–Crippen LogP) is 5.19. The molecule has 0 bridgehead atoms. The first kappa shape index (κ1) is 15.6. The van der Waals surface area contributed by atoms with Crippen LogP contribution in [0, 0.1) is 35.0 Å². The van der Waals surface area contributed by atoms with Gasteiger partial charge in [-0.2, -0.15) is 0 Å². The summed E-state index contributed by atoms with van der Waals surface area (Å²) < 4.78 is 0. The molecule has 21 heavy (non-hydrogen) atoms. The molecule has 3 aliphatic rings. The van der Waals surface area contributed by atoms with Gasteiger partial charge in [0.2, 0.25) is 0 Å². The number of aliphatic hydroxyl groups is 1. The minimum Gasteiger partial charge on any atom is -0.390 e. The molecular formula is C20H34O. The lowest BCUT2D eigenvalue weighted by Crippen LogP contribution is -2.41. The molecule has 2 fully saturated rings. The maximum Gasteiger partial charge on any atom is 0.0653 e. The molecular weight excluding hydrogens is 256 g/mol. The van der Waals surface area contributed by atoms with Gasteiger partial charge in [0, 0.05) is 0 Å². The van der Waals surface area contributed by atoms with Crippen LogP contribution in [0.4, 0.5) is 0 Å². The lowest BCUT2D eigenvalue weighted by molar-refractivity contribution is -0.0307. The molecule has 120 valence electrons. The smallest absolute Gasteiger partial charge is 0.0653 e. The summed E-state index contributed by atoms with van der Waals surface area (Å²) in [6.45, 7) is 11.8. The van der Waals surface area contributed by atoms with Crippen molar-refractivity contribution < 1.29 is 5.11 Å². The Bertz CT molecular complexity index is 433. The Hall–Kier alpha value is -0.300. The minimum atomic E-state index is -0.462. The molecule has 0 aromatic rings. The first-order valence-electron chi connectivity index (χ1n) is 9.15. The number of hydrogen-bond donors (Lipinski definition) is 1. The molecule has 0 amide bonds. The van der Waals surface area contributed by atoms with Crippen LogP contribution in [0.5, 0.6) is 0 Å². The molecule has 0 spiro atoms. The Balaban J connectivity index is 2.02.